The van der Waals surface area contributed by atoms with Gasteiger partial charge in [0, 0.05) is 23.7 Å². The van der Waals surface area contributed by atoms with Gasteiger partial charge in [0.2, 0.25) is 5.91 Å². The zero-order valence-corrected chi connectivity index (χ0v) is 18.1. The summed E-state index contributed by atoms with van der Waals surface area (Å²) in [6.07, 6.45) is 8.97. The van der Waals surface area contributed by atoms with Gasteiger partial charge in [0.05, 0.1) is 17.1 Å². The highest BCUT2D eigenvalue weighted by atomic mass is 16.3. The summed E-state index contributed by atoms with van der Waals surface area (Å²) in [6, 6.07) is 9.69. The maximum Gasteiger partial charge on any atom is 0.224 e. The average molecular weight is 435 g/mol. The van der Waals surface area contributed by atoms with Crippen molar-refractivity contribution >= 4 is 35.5 Å². The van der Waals surface area contributed by atoms with Gasteiger partial charge in [-0.05, 0) is 73.9 Å². The van der Waals surface area contributed by atoms with Gasteiger partial charge in [-0.3, -0.25) is 14.6 Å². The number of carbonyl (C=O) groups excluding carboxylic acids is 2. The highest BCUT2D eigenvalue weighted by molar-refractivity contribution is 5.93. The average Bonchev–Trinajstić information content (AvgIpc) is 3.14. The Morgan fingerprint density at radius 3 is 2.78 bits per heavy atom. The van der Waals surface area contributed by atoms with Crippen molar-refractivity contribution in [1.82, 2.24) is 0 Å². The first kappa shape index (κ1) is 23.2. The maximum absolute atomic E-state index is 12.4. The lowest BCUT2D eigenvalue weighted by Crippen LogP contribution is -2.36. The van der Waals surface area contributed by atoms with Gasteiger partial charge < -0.3 is 21.9 Å². The van der Waals surface area contributed by atoms with Crippen molar-refractivity contribution in [2.45, 2.75) is 44.1 Å². The van der Waals surface area contributed by atoms with Crippen LogP contribution in [0.25, 0.3) is 0 Å². The van der Waals surface area contributed by atoms with Crippen molar-refractivity contribution in [2.24, 2.45) is 16.6 Å². The van der Waals surface area contributed by atoms with Crippen LogP contribution >= 0.6 is 0 Å². The van der Waals surface area contributed by atoms with Crippen molar-refractivity contribution in [1.29, 1.82) is 0 Å². The first-order valence-electron chi connectivity index (χ1n) is 10.7. The topological polar surface area (TPSA) is 131 Å². The van der Waals surface area contributed by atoms with E-state index >= 15 is 0 Å². The van der Waals surface area contributed by atoms with Crippen LogP contribution in [0.1, 0.15) is 54.4 Å². The number of aldehydes is 1. The summed E-state index contributed by atoms with van der Waals surface area (Å²) in [4.78, 5) is 27.6. The predicted molar refractivity (Wildman–Crippen MR) is 129 cm³/mol. The molecule has 1 aliphatic rings. The maximum atomic E-state index is 12.4. The Morgan fingerprint density at radius 1 is 1.28 bits per heavy atom. The Morgan fingerprint density at radius 2 is 2.06 bits per heavy atom. The minimum absolute atomic E-state index is 0.0512. The van der Waals surface area contributed by atoms with Crippen molar-refractivity contribution in [3.63, 3.8) is 0 Å². The summed E-state index contributed by atoms with van der Waals surface area (Å²) >= 11 is 0. The Kier molecular flexibility index (Phi) is 7.43. The molecule has 7 nitrogen and oxygen atoms in total. The SMILES string of the molecule is C=CCC1(N)CC[C@@H](CCC(=O)Nc2ccc(C=Nc3cc(C=O)ccc3N)cc2O)C1. The molecule has 1 saturated carbocycles. The molecule has 6 N–H and O–H groups in total. The number of rotatable bonds is 9. The molecule has 0 radical (unpaired) electrons. The van der Waals surface area contributed by atoms with Gasteiger partial charge in [0.15, 0.2) is 0 Å². The first-order chi connectivity index (χ1) is 15.3. The minimum atomic E-state index is -0.183. The molecule has 0 saturated heterocycles. The Balaban J connectivity index is 1.55. The van der Waals surface area contributed by atoms with Gasteiger partial charge in [-0.25, -0.2) is 0 Å². The standard InChI is InChI=1S/C25H30N4O3/c1-2-10-25(27)11-9-17(14-25)5-8-24(32)29-21-7-4-18(13-23(21)31)15-28-22-12-19(16-30)3-6-20(22)26/h2-4,6-7,12-13,15-17,31H,1,5,8-11,14,26-27H2,(H,29,32)/t17-,25?/m1/s1. The molecule has 0 aromatic heterocycles. The van der Waals surface area contributed by atoms with E-state index < -0.39 is 0 Å². The van der Waals surface area contributed by atoms with E-state index in [1.807, 2.05) is 6.08 Å². The zero-order valence-electron chi connectivity index (χ0n) is 18.1. The molecule has 0 spiro atoms. The Bertz CT molecular complexity index is 1030. The van der Waals surface area contributed by atoms with Crippen molar-refractivity contribution in [3.05, 3.63) is 60.2 Å². The van der Waals surface area contributed by atoms with Gasteiger partial charge in [-0.2, -0.15) is 0 Å². The quantitative estimate of drug-likeness (QED) is 0.153. The normalized spacial score (nSPS) is 20.3. The molecule has 168 valence electrons. The number of phenols is 1. The molecule has 1 unspecified atom stereocenters. The van der Waals surface area contributed by atoms with Gasteiger partial charge >= 0.3 is 0 Å². The van der Waals surface area contributed by atoms with Crippen LogP contribution in [0.15, 0.2) is 54.0 Å². The summed E-state index contributed by atoms with van der Waals surface area (Å²) in [7, 11) is 0. The van der Waals surface area contributed by atoms with E-state index in [0.29, 0.717) is 40.5 Å². The largest absolute Gasteiger partial charge is 0.506 e. The molecule has 1 aliphatic carbocycles. The number of hydrogen-bond acceptors (Lipinski definition) is 6. The van der Waals surface area contributed by atoms with Crippen molar-refractivity contribution < 1.29 is 14.7 Å². The van der Waals surface area contributed by atoms with Gasteiger partial charge in [-0.15, -0.1) is 6.58 Å². The summed E-state index contributed by atoms with van der Waals surface area (Å²) < 4.78 is 0. The molecule has 1 amide bonds. The molecule has 7 heteroatoms. The number of anilines is 2. The summed E-state index contributed by atoms with van der Waals surface area (Å²) in [5.41, 5.74) is 14.4. The number of aliphatic imine (C=N–C) groups is 1. The number of nitrogen functional groups attached to an aromatic ring is 1. The van der Waals surface area contributed by atoms with Crippen LogP contribution in [0.4, 0.5) is 17.1 Å². The fourth-order valence-corrected chi connectivity index (χ4v) is 4.16. The number of hydrogen-bond donors (Lipinski definition) is 4. The first-order valence-corrected chi connectivity index (χ1v) is 10.7. The van der Waals surface area contributed by atoms with Crippen molar-refractivity contribution in [3.8, 4) is 5.75 Å². The number of aromatic hydroxyl groups is 1. The van der Waals surface area contributed by atoms with Crippen LogP contribution < -0.4 is 16.8 Å². The molecule has 3 rings (SSSR count). The number of nitrogens with zero attached hydrogens (tertiary/aromatic N) is 1. The van der Waals surface area contributed by atoms with E-state index in [1.165, 1.54) is 12.3 Å². The van der Waals surface area contributed by atoms with E-state index in [9.17, 15) is 14.7 Å². The number of carbonyl (C=O) groups is 2. The van der Waals surface area contributed by atoms with Crippen LogP contribution in [0, 0.1) is 5.92 Å². The third-order valence-corrected chi connectivity index (χ3v) is 5.92. The molecular weight excluding hydrogens is 404 g/mol. The number of amides is 1. The molecular formula is C25H30N4O3. The number of benzene rings is 2. The van der Waals surface area contributed by atoms with Crippen LogP contribution in [0.3, 0.4) is 0 Å². The third-order valence-electron chi connectivity index (χ3n) is 5.92. The van der Waals surface area contributed by atoms with Gasteiger partial charge in [0.1, 0.15) is 12.0 Å². The minimum Gasteiger partial charge on any atom is -0.506 e. The number of phenolic OH excluding ortho intramolecular Hbond substituents is 1. The third kappa shape index (κ3) is 6.04. The molecule has 0 aliphatic heterocycles. The van der Waals surface area contributed by atoms with Crippen LogP contribution in [0.5, 0.6) is 5.75 Å². The van der Waals surface area contributed by atoms with Crippen molar-refractivity contribution in [2.75, 3.05) is 11.1 Å². The molecule has 2 atom stereocenters. The Labute approximate surface area is 188 Å². The lowest BCUT2D eigenvalue weighted by Gasteiger charge is -2.22. The molecule has 1 fully saturated rings. The zero-order chi connectivity index (χ0) is 23.1. The highest BCUT2D eigenvalue weighted by Crippen LogP contribution is 2.37. The second kappa shape index (κ2) is 10.2. The van der Waals surface area contributed by atoms with Crippen LogP contribution in [0.2, 0.25) is 0 Å². The molecule has 0 heterocycles. The second-order valence-corrected chi connectivity index (χ2v) is 8.52. The smallest absolute Gasteiger partial charge is 0.224 e. The van der Waals surface area contributed by atoms with E-state index in [-0.39, 0.29) is 17.2 Å². The van der Waals surface area contributed by atoms with E-state index in [4.69, 9.17) is 11.5 Å². The van der Waals surface area contributed by atoms with Gasteiger partial charge in [-0.1, -0.05) is 12.1 Å². The monoisotopic (exact) mass is 434 g/mol. The van der Waals surface area contributed by atoms with E-state index in [0.717, 1.165) is 38.4 Å². The fraction of sp³-hybridized carbons (Fsp3) is 0.320. The van der Waals surface area contributed by atoms with Crippen LogP contribution in [-0.4, -0.2) is 29.1 Å². The fourth-order valence-electron chi connectivity index (χ4n) is 4.16. The summed E-state index contributed by atoms with van der Waals surface area (Å²) in [5, 5.41) is 13.1. The number of nitrogens with one attached hydrogen (secondary N) is 1. The Hall–Kier alpha value is -3.45. The molecule has 32 heavy (non-hydrogen) atoms. The highest BCUT2D eigenvalue weighted by Gasteiger charge is 2.34. The molecule has 2 aromatic carbocycles. The van der Waals surface area contributed by atoms with Gasteiger partial charge in [0.25, 0.3) is 0 Å². The molecule has 2 aromatic rings. The number of nitrogens with two attached hydrogens (primary N) is 2. The van der Waals surface area contributed by atoms with E-state index in [2.05, 4.69) is 16.9 Å². The summed E-state index contributed by atoms with van der Waals surface area (Å²) in [5.74, 6) is 0.242. The lowest BCUT2D eigenvalue weighted by molar-refractivity contribution is -0.116. The summed E-state index contributed by atoms with van der Waals surface area (Å²) in [6.45, 7) is 3.77. The predicted octanol–water partition coefficient (Wildman–Crippen LogP) is 4.33. The lowest BCUT2D eigenvalue weighted by atomic mass is 9.92. The van der Waals surface area contributed by atoms with Crippen LogP contribution in [-0.2, 0) is 4.79 Å². The molecule has 0 bridgehead atoms. The van der Waals surface area contributed by atoms with E-state index in [1.54, 1.807) is 30.3 Å². The second-order valence-electron chi connectivity index (χ2n) is 8.52.